The number of hydrogen-bond acceptors (Lipinski definition) is 3. The summed E-state index contributed by atoms with van der Waals surface area (Å²) in [6.45, 7) is 2.21. The minimum Gasteiger partial charge on any atom is -0.316 e. The molecule has 2 heterocycles. The summed E-state index contributed by atoms with van der Waals surface area (Å²) in [5.41, 5.74) is 3.85. The van der Waals surface area contributed by atoms with Gasteiger partial charge in [0.05, 0.1) is 10.2 Å². The molecule has 3 aromatic rings. The van der Waals surface area contributed by atoms with Gasteiger partial charge in [0.1, 0.15) is 5.01 Å². The molecule has 1 aliphatic rings. The molecule has 0 radical (unpaired) electrons. The summed E-state index contributed by atoms with van der Waals surface area (Å²) in [6, 6.07) is 17.1. The lowest BCUT2D eigenvalue weighted by atomic mass is 9.94. The van der Waals surface area contributed by atoms with Crippen molar-refractivity contribution in [2.45, 2.75) is 12.3 Å². The number of nitrogens with zero attached hydrogens (tertiary/aromatic N) is 1. The average molecular weight is 280 g/mol. The molecule has 1 aliphatic heterocycles. The van der Waals surface area contributed by atoms with E-state index in [9.17, 15) is 0 Å². The van der Waals surface area contributed by atoms with Crippen molar-refractivity contribution in [1.29, 1.82) is 0 Å². The third-order valence-electron chi connectivity index (χ3n) is 3.99. The summed E-state index contributed by atoms with van der Waals surface area (Å²) in [7, 11) is 0. The Morgan fingerprint density at radius 3 is 2.75 bits per heavy atom. The third kappa shape index (κ3) is 2.03. The zero-order chi connectivity index (χ0) is 13.4. The largest absolute Gasteiger partial charge is 0.316 e. The van der Waals surface area contributed by atoms with Crippen molar-refractivity contribution in [2.24, 2.45) is 0 Å². The van der Waals surface area contributed by atoms with Crippen LogP contribution in [0.15, 0.2) is 48.5 Å². The van der Waals surface area contributed by atoms with Crippen LogP contribution >= 0.6 is 11.3 Å². The Morgan fingerprint density at radius 1 is 1.05 bits per heavy atom. The van der Waals surface area contributed by atoms with Gasteiger partial charge in [-0.15, -0.1) is 11.3 Å². The monoisotopic (exact) mass is 280 g/mol. The fraction of sp³-hybridized carbons (Fsp3) is 0.235. The predicted octanol–water partition coefficient (Wildman–Crippen LogP) is 4.04. The van der Waals surface area contributed by atoms with Crippen LogP contribution in [-0.4, -0.2) is 18.1 Å². The Hall–Kier alpha value is -1.71. The Balaban J connectivity index is 1.84. The molecule has 0 bridgehead atoms. The molecule has 1 unspecified atom stereocenters. The standard InChI is InChI=1S/C17H16N2S/c1-2-6-14(13(5-1)12-9-10-18-11-12)17-19-15-7-3-4-8-16(15)20-17/h1-8,12,18H,9-11H2. The molecule has 1 N–H and O–H groups in total. The fourth-order valence-corrected chi connectivity index (χ4v) is 3.97. The zero-order valence-corrected chi connectivity index (χ0v) is 12.0. The van der Waals surface area contributed by atoms with Crippen molar-refractivity contribution >= 4 is 21.6 Å². The van der Waals surface area contributed by atoms with Gasteiger partial charge in [0.15, 0.2) is 0 Å². The van der Waals surface area contributed by atoms with E-state index in [0.717, 1.165) is 23.6 Å². The van der Waals surface area contributed by atoms with Gasteiger partial charge >= 0.3 is 0 Å². The number of nitrogens with one attached hydrogen (secondary N) is 1. The van der Waals surface area contributed by atoms with Crippen LogP contribution in [0.5, 0.6) is 0 Å². The van der Waals surface area contributed by atoms with E-state index >= 15 is 0 Å². The van der Waals surface area contributed by atoms with Gasteiger partial charge in [-0.3, -0.25) is 0 Å². The number of hydrogen-bond donors (Lipinski definition) is 1. The molecule has 4 rings (SSSR count). The van der Waals surface area contributed by atoms with Crippen LogP contribution in [0.2, 0.25) is 0 Å². The van der Waals surface area contributed by atoms with E-state index in [4.69, 9.17) is 4.98 Å². The van der Waals surface area contributed by atoms with Gasteiger partial charge in [-0.1, -0.05) is 36.4 Å². The maximum atomic E-state index is 4.81. The minimum atomic E-state index is 0.623. The average Bonchev–Trinajstić information content (AvgIpc) is 3.16. The summed E-state index contributed by atoms with van der Waals surface area (Å²) >= 11 is 1.79. The summed E-state index contributed by atoms with van der Waals surface area (Å²) < 4.78 is 1.27. The molecule has 0 saturated carbocycles. The van der Waals surface area contributed by atoms with E-state index in [2.05, 4.69) is 53.8 Å². The van der Waals surface area contributed by atoms with Crippen molar-refractivity contribution in [1.82, 2.24) is 10.3 Å². The Labute approximate surface area is 122 Å². The smallest absolute Gasteiger partial charge is 0.124 e. The van der Waals surface area contributed by atoms with E-state index in [1.807, 2.05) is 0 Å². The molecular formula is C17H16N2S. The first-order chi connectivity index (χ1) is 9.92. The number of para-hydroxylation sites is 1. The Kier molecular flexibility index (Phi) is 3.02. The molecule has 1 aromatic heterocycles. The number of aromatic nitrogens is 1. The first-order valence-corrected chi connectivity index (χ1v) is 7.89. The third-order valence-corrected chi connectivity index (χ3v) is 5.05. The van der Waals surface area contributed by atoms with Crippen LogP contribution in [0.25, 0.3) is 20.8 Å². The molecule has 100 valence electrons. The molecule has 1 saturated heterocycles. The summed E-state index contributed by atoms with van der Waals surface area (Å²) in [5.74, 6) is 0.623. The number of benzene rings is 2. The van der Waals surface area contributed by atoms with Crippen LogP contribution in [-0.2, 0) is 0 Å². The minimum absolute atomic E-state index is 0.623. The Morgan fingerprint density at radius 2 is 1.90 bits per heavy atom. The quantitative estimate of drug-likeness (QED) is 0.766. The van der Waals surface area contributed by atoms with E-state index in [1.165, 1.54) is 22.2 Å². The first-order valence-electron chi connectivity index (χ1n) is 7.07. The lowest BCUT2D eigenvalue weighted by Gasteiger charge is -2.12. The molecule has 2 nitrogen and oxygen atoms in total. The normalized spacial score (nSPS) is 18.7. The van der Waals surface area contributed by atoms with Crippen molar-refractivity contribution in [3.8, 4) is 10.6 Å². The molecule has 0 amide bonds. The van der Waals surface area contributed by atoms with Crippen LogP contribution < -0.4 is 5.32 Å². The first kappa shape index (κ1) is 12.1. The van der Waals surface area contributed by atoms with Crippen LogP contribution in [0, 0.1) is 0 Å². The molecule has 1 atom stereocenters. The van der Waals surface area contributed by atoms with Crippen molar-refractivity contribution in [3.05, 3.63) is 54.1 Å². The number of thiazole rings is 1. The SMILES string of the molecule is c1ccc(C2CCNC2)c(-c2nc3ccccc3s2)c1. The van der Waals surface area contributed by atoms with Crippen molar-refractivity contribution in [3.63, 3.8) is 0 Å². The fourth-order valence-electron chi connectivity index (χ4n) is 2.96. The molecule has 2 aromatic carbocycles. The van der Waals surface area contributed by atoms with Gasteiger partial charge in [-0.25, -0.2) is 4.98 Å². The molecule has 0 spiro atoms. The summed E-state index contributed by atoms with van der Waals surface area (Å²) in [5, 5.41) is 4.61. The van der Waals surface area contributed by atoms with Crippen molar-refractivity contribution in [2.75, 3.05) is 13.1 Å². The molecule has 20 heavy (non-hydrogen) atoms. The molecule has 3 heteroatoms. The summed E-state index contributed by atoms with van der Waals surface area (Å²) in [4.78, 5) is 4.81. The maximum absolute atomic E-state index is 4.81. The van der Waals surface area contributed by atoms with E-state index in [-0.39, 0.29) is 0 Å². The van der Waals surface area contributed by atoms with E-state index in [1.54, 1.807) is 11.3 Å². The van der Waals surface area contributed by atoms with Gasteiger partial charge in [0.25, 0.3) is 0 Å². The van der Waals surface area contributed by atoms with Gasteiger partial charge in [-0.05, 0) is 36.6 Å². The molecule has 1 fully saturated rings. The zero-order valence-electron chi connectivity index (χ0n) is 11.2. The molecular weight excluding hydrogens is 264 g/mol. The lowest BCUT2D eigenvalue weighted by Crippen LogP contribution is -2.08. The number of rotatable bonds is 2. The van der Waals surface area contributed by atoms with Crippen LogP contribution in [0.3, 0.4) is 0 Å². The number of fused-ring (bicyclic) bond motifs is 1. The van der Waals surface area contributed by atoms with E-state index in [0.29, 0.717) is 5.92 Å². The lowest BCUT2D eigenvalue weighted by molar-refractivity contribution is 0.765. The highest BCUT2D eigenvalue weighted by molar-refractivity contribution is 7.21. The predicted molar refractivity (Wildman–Crippen MR) is 85.3 cm³/mol. The second kappa shape index (κ2) is 5.00. The van der Waals surface area contributed by atoms with Gasteiger partial charge < -0.3 is 5.32 Å². The van der Waals surface area contributed by atoms with Crippen LogP contribution in [0.4, 0.5) is 0 Å². The van der Waals surface area contributed by atoms with E-state index < -0.39 is 0 Å². The second-order valence-corrected chi connectivity index (χ2v) is 6.29. The second-order valence-electron chi connectivity index (χ2n) is 5.26. The maximum Gasteiger partial charge on any atom is 0.124 e. The topological polar surface area (TPSA) is 24.9 Å². The van der Waals surface area contributed by atoms with Gasteiger partial charge in [-0.2, -0.15) is 0 Å². The molecule has 0 aliphatic carbocycles. The Bertz CT molecular complexity index is 708. The highest BCUT2D eigenvalue weighted by atomic mass is 32.1. The summed E-state index contributed by atoms with van der Waals surface area (Å²) in [6.07, 6.45) is 1.22. The van der Waals surface area contributed by atoms with Crippen molar-refractivity contribution < 1.29 is 0 Å². The van der Waals surface area contributed by atoms with Gasteiger partial charge in [0.2, 0.25) is 0 Å². The highest BCUT2D eigenvalue weighted by Gasteiger charge is 2.21. The van der Waals surface area contributed by atoms with Crippen LogP contribution in [0.1, 0.15) is 17.9 Å². The van der Waals surface area contributed by atoms with Gasteiger partial charge in [0, 0.05) is 12.1 Å². The highest BCUT2D eigenvalue weighted by Crippen LogP contribution is 2.36.